The standard InChI is InChI=1S/C9H20S7/c10-1-7(12)3-15-5-9(14)6-16-4-8(13)2-11/h7-14H,1-6H2. The van der Waals surface area contributed by atoms with Crippen molar-refractivity contribution >= 4 is 86.7 Å². The Morgan fingerprint density at radius 3 is 1.25 bits per heavy atom. The summed E-state index contributed by atoms with van der Waals surface area (Å²) in [5.41, 5.74) is 0. The molecular weight excluding hydrogens is 333 g/mol. The molecule has 0 aliphatic heterocycles. The number of hydrogen-bond acceptors (Lipinski definition) is 7. The largest absolute Gasteiger partial charge is 0.178 e. The van der Waals surface area contributed by atoms with Crippen LogP contribution >= 0.6 is 86.7 Å². The van der Waals surface area contributed by atoms with Crippen LogP contribution in [0.2, 0.25) is 0 Å². The van der Waals surface area contributed by atoms with E-state index in [1.54, 1.807) is 0 Å². The van der Waals surface area contributed by atoms with Gasteiger partial charge in [-0.2, -0.15) is 86.7 Å². The Morgan fingerprint density at radius 1 is 0.625 bits per heavy atom. The third-order valence-corrected chi connectivity index (χ3v) is 7.76. The van der Waals surface area contributed by atoms with Gasteiger partial charge < -0.3 is 0 Å². The average molecular weight is 353 g/mol. The number of rotatable bonds is 10. The van der Waals surface area contributed by atoms with Gasteiger partial charge in [-0.15, -0.1) is 0 Å². The zero-order valence-electron chi connectivity index (χ0n) is 9.03. The fourth-order valence-electron chi connectivity index (χ4n) is 0.834. The van der Waals surface area contributed by atoms with Crippen molar-refractivity contribution in [3.63, 3.8) is 0 Å². The van der Waals surface area contributed by atoms with Gasteiger partial charge in [0, 0.05) is 50.3 Å². The zero-order valence-corrected chi connectivity index (χ0v) is 15.1. The summed E-state index contributed by atoms with van der Waals surface area (Å²) in [6, 6.07) is 0. The molecule has 0 aromatic rings. The summed E-state index contributed by atoms with van der Waals surface area (Å²) in [4.78, 5) is 0. The maximum atomic E-state index is 4.56. The van der Waals surface area contributed by atoms with Crippen LogP contribution in [0.3, 0.4) is 0 Å². The lowest BCUT2D eigenvalue weighted by molar-refractivity contribution is 1.12. The van der Waals surface area contributed by atoms with E-state index in [1.807, 2.05) is 23.5 Å². The van der Waals surface area contributed by atoms with Crippen LogP contribution in [0.5, 0.6) is 0 Å². The lowest BCUT2D eigenvalue weighted by atomic mass is 10.5. The summed E-state index contributed by atoms with van der Waals surface area (Å²) in [7, 11) is 0. The Labute approximate surface area is 136 Å². The van der Waals surface area contributed by atoms with Crippen molar-refractivity contribution in [3.8, 4) is 0 Å². The SMILES string of the molecule is SCC(S)CSCC(S)CSCC(S)CS. The molecule has 0 spiro atoms. The molecule has 2 unspecified atom stereocenters. The fraction of sp³-hybridized carbons (Fsp3) is 1.00. The van der Waals surface area contributed by atoms with E-state index in [4.69, 9.17) is 0 Å². The van der Waals surface area contributed by atoms with Crippen LogP contribution in [0.15, 0.2) is 0 Å². The van der Waals surface area contributed by atoms with E-state index in [-0.39, 0.29) is 0 Å². The molecule has 0 nitrogen and oxygen atoms in total. The second-order valence-electron chi connectivity index (χ2n) is 3.40. The Balaban J connectivity index is 3.34. The highest BCUT2D eigenvalue weighted by Crippen LogP contribution is 2.17. The molecule has 0 heterocycles. The summed E-state index contributed by atoms with van der Waals surface area (Å²) in [5.74, 6) is 5.95. The van der Waals surface area contributed by atoms with Crippen LogP contribution < -0.4 is 0 Å². The van der Waals surface area contributed by atoms with Crippen molar-refractivity contribution in [3.05, 3.63) is 0 Å². The second kappa shape index (κ2) is 12.5. The molecule has 0 aromatic heterocycles. The lowest BCUT2D eigenvalue weighted by Gasteiger charge is -2.13. The molecule has 0 rings (SSSR count). The number of hydrogen-bond donors (Lipinski definition) is 5. The van der Waals surface area contributed by atoms with Crippen LogP contribution in [0.25, 0.3) is 0 Å². The van der Waals surface area contributed by atoms with E-state index in [9.17, 15) is 0 Å². The van der Waals surface area contributed by atoms with Crippen LogP contribution in [0.1, 0.15) is 0 Å². The molecule has 0 N–H and O–H groups in total. The lowest BCUT2D eigenvalue weighted by Crippen LogP contribution is -2.12. The van der Waals surface area contributed by atoms with Gasteiger partial charge in [-0.25, -0.2) is 0 Å². The van der Waals surface area contributed by atoms with E-state index >= 15 is 0 Å². The van der Waals surface area contributed by atoms with Gasteiger partial charge in [0.1, 0.15) is 0 Å². The topological polar surface area (TPSA) is 0 Å². The minimum absolute atomic E-state index is 0.396. The molecule has 0 aliphatic carbocycles. The molecule has 0 saturated heterocycles. The third-order valence-electron chi connectivity index (χ3n) is 1.66. The van der Waals surface area contributed by atoms with Gasteiger partial charge in [0.25, 0.3) is 0 Å². The Hall–Kier alpha value is 2.45. The molecule has 0 radical (unpaired) electrons. The average Bonchev–Trinajstić information content (AvgIpc) is 2.28. The Kier molecular flexibility index (Phi) is 14.4. The summed E-state index contributed by atoms with van der Waals surface area (Å²) in [6.07, 6.45) is 0. The van der Waals surface area contributed by atoms with Crippen molar-refractivity contribution in [2.75, 3.05) is 34.5 Å². The number of thiol groups is 5. The van der Waals surface area contributed by atoms with Gasteiger partial charge in [0.05, 0.1) is 0 Å². The molecule has 16 heavy (non-hydrogen) atoms. The highest BCUT2D eigenvalue weighted by Gasteiger charge is 2.07. The fourth-order valence-corrected chi connectivity index (χ4v) is 4.69. The zero-order chi connectivity index (χ0) is 12.4. The quantitative estimate of drug-likeness (QED) is 0.383. The van der Waals surface area contributed by atoms with Crippen LogP contribution in [0.4, 0.5) is 0 Å². The van der Waals surface area contributed by atoms with E-state index in [0.717, 1.165) is 34.5 Å². The van der Waals surface area contributed by atoms with Crippen molar-refractivity contribution < 1.29 is 0 Å². The first kappa shape index (κ1) is 18.4. The Bertz CT molecular complexity index is 139. The first-order valence-electron chi connectivity index (χ1n) is 5.01. The third kappa shape index (κ3) is 11.5. The van der Waals surface area contributed by atoms with Crippen LogP contribution in [-0.4, -0.2) is 50.3 Å². The molecule has 0 fully saturated rings. The maximum absolute atomic E-state index is 4.56. The molecule has 0 aliphatic rings. The van der Waals surface area contributed by atoms with Crippen molar-refractivity contribution in [2.45, 2.75) is 15.7 Å². The minimum Gasteiger partial charge on any atom is -0.178 e. The van der Waals surface area contributed by atoms with Crippen molar-refractivity contribution in [2.24, 2.45) is 0 Å². The highest BCUT2D eigenvalue weighted by atomic mass is 32.2. The number of thioether (sulfide) groups is 2. The van der Waals surface area contributed by atoms with Gasteiger partial charge in [0.2, 0.25) is 0 Å². The predicted octanol–water partition coefficient (Wildman–Crippen LogP) is 3.21. The van der Waals surface area contributed by atoms with Crippen LogP contribution in [-0.2, 0) is 0 Å². The molecule has 0 saturated carbocycles. The maximum Gasteiger partial charge on any atom is 0.0198 e. The molecule has 0 aromatic carbocycles. The van der Waals surface area contributed by atoms with E-state index in [1.165, 1.54) is 0 Å². The first-order valence-corrected chi connectivity index (χ1v) is 10.1. The van der Waals surface area contributed by atoms with E-state index < -0.39 is 0 Å². The summed E-state index contributed by atoms with van der Waals surface area (Å²) in [6.45, 7) is 0. The monoisotopic (exact) mass is 352 g/mol. The summed E-state index contributed by atoms with van der Waals surface area (Å²) in [5, 5.41) is 1.25. The van der Waals surface area contributed by atoms with Gasteiger partial charge in [-0.05, 0) is 0 Å². The van der Waals surface area contributed by atoms with Crippen LogP contribution in [0, 0.1) is 0 Å². The highest BCUT2D eigenvalue weighted by molar-refractivity contribution is 8.02. The van der Waals surface area contributed by atoms with E-state index in [2.05, 4.69) is 63.1 Å². The molecule has 7 heteroatoms. The van der Waals surface area contributed by atoms with Gasteiger partial charge in [-0.3, -0.25) is 0 Å². The second-order valence-corrected chi connectivity index (χ2v) is 8.47. The van der Waals surface area contributed by atoms with Gasteiger partial charge >= 0.3 is 0 Å². The minimum atomic E-state index is 0.396. The first-order chi connectivity index (χ1) is 7.60. The van der Waals surface area contributed by atoms with Crippen molar-refractivity contribution in [1.29, 1.82) is 0 Å². The van der Waals surface area contributed by atoms with Crippen molar-refractivity contribution in [1.82, 2.24) is 0 Å². The predicted molar refractivity (Wildman–Crippen MR) is 101 cm³/mol. The molecule has 98 valence electrons. The molecule has 0 bridgehead atoms. The molecule has 2 atom stereocenters. The van der Waals surface area contributed by atoms with Gasteiger partial charge in [-0.1, -0.05) is 0 Å². The van der Waals surface area contributed by atoms with E-state index in [0.29, 0.717) is 15.7 Å². The normalized spacial score (nSPS) is 17.1. The summed E-state index contributed by atoms with van der Waals surface area (Å²) >= 11 is 25.6. The van der Waals surface area contributed by atoms with Gasteiger partial charge in [0.15, 0.2) is 0 Å². The molecule has 0 amide bonds. The Morgan fingerprint density at radius 2 is 0.938 bits per heavy atom. The smallest absolute Gasteiger partial charge is 0.0198 e. The summed E-state index contributed by atoms with van der Waals surface area (Å²) < 4.78 is 0. The molecular formula is C9H20S7.